The summed E-state index contributed by atoms with van der Waals surface area (Å²) in [6.45, 7) is 1.92. The molecule has 0 aliphatic heterocycles. The van der Waals surface area contributed by atoms with E-state index in [4.69, 9.17) is 0 Å². The zero-order valence-electron chi connectivity index (χ0n) is 17.5. The highest BCUT2D eigenvalue weighted by atomic mass is 32.2. The summed E-state index contributed by atoms with van der Waals surface area (Å²) in [5.74, 6) is -1.02. The second-order valence-corrected chi connectivity index (χ2v) is 8.70. The molecule has 0 aliphatic carbocycles. The Balaban J connectivity index is 1.80. The van der Waals surface area contributed by atoms with Crippen LogP contribution in [0, 0.1) is 0 Å². The predicted molar refractivity (Wildman–Crippen MR) is 117 cm³/mol. The number of nitrogens with one attached hydrogen (secondary N) is 2. The fraction of sp³-hybridized carbons (Fsp3) is 0.174. The number of hydrogen-bond acceptors (Lipinski definition) is 4. The Kier molecular flexibility index (Phi) is 7.27. The van der Waals surface area contributed by atoms with Crippen molar-refractivity contribution in [3.8, 4) is 5.75 Å². The van der Waals surface area contributed by atoms with Gasteiger partial charge in [0, 0.05) is 0 Å². The van der Waals surface area contributed by atoms with Gasteiger partial charge in [-0.15, -0.1) is 13.2 Å². The van der Waals surface area contributed by atoms with Crippen molar-refractivity contribution >= 4 is 21.6 Å². The number of benzene rings is 3. The van der Waals surface area contributed by atoms with Crippen molar-refractivity contribution in [2.45, 2.75) is 30.6 Å². The first kappa shape index (κ1) is 24.1. The first-order valence-electron chi connectivity index (χ1n) is 9.92. The molecule has 2 N–H and O–H groups in total. The molecule has 0 saturated heterocycles. The molecular formula is C23H21F3N2O4S. The Bertz CT molecular complexity index is 1200. The molecule has 0 spiro atoms. The van der Waals surface area contributed by atoms with E-state index in [2.05, 4.69) is 14.8 Å². The Morgan fingerprint density at radius 2 is 1.55 bits per heavy atom. The van der Waals surface area contributed by atoms with Crippen LogP contribution in [0.3, 0.4) is 0 Å². The van der Waals surface area contributed by atoms with Gasteiger partial charge in [0.1, 0.15) is 5.75 Å². The maximum absolute atomic E-state index is 12.9. The summed E-state index contributed by atoms with van der Waals surface area (Å²) in [5, 5.41) is 2.90. The minimum absolute atomic E-state index is 0.0357. The zero-order valence-corrected chi connectivity index (χ0v) is 18.3. The lowest BCUT2D eigenvalue weighted by molar-refractivity contribution is -0.274. The minimum atomic E-state index is -4.89. The topological polar surface area (TPSA) is 84.5 Å². The second-order valence-electron chi connectivity index (χ2n) is 7.02. The number of ether oxygens (including phenoxy) is 1. The van der Waals surface area contributed by atoms with Crippen LogP contribution in [0.2, 0.25) is 0 Å². The van der Waals surface area contributed by atoms with Gasteiger partial charge < -0.3 is 10.1 Å². The fourth-order valence-electron chi connectivity index (χ4n) is 3.14. The largest absolute Gasteiger partial charge is 0.573 e. The van der Waals surface area contributed by atoms with E-state index in [1.165, 1.54) is 12.1 Å². The van der Waals surface area contributed by atoms with E-state index in [9.17, 15) is 26.4 Å². The van der Waals surface area contributed by atoms with Gasteiger partial charge in [0.2, 0.25) is 0 Å². The van der Waals surface area contributed by atoms with Crippen molar-refractivity contribution in [3.05, 3.63) is 90.0 Å². The quantitative estimate of drug-likeness (QED) is 0.462. The van der Waals surface area contributed by atoms with E-state index in [0.29, 0.717) is 6.42 Å². The highest BCUT2D eigenvalue weighted by Crippen LogP contribution is 2.26. The number of para-hydroxylation sites is 1. The first-order valence-corrected chi connectivity index (χ1v) is 11.4. The van der Waals surface area contributed by atoms with Gasteiger partial charge in [-0.25, -0.2) is 8.42 Å². The number of carbonyl (C=O) groups is 1. The average molecular weight is 478 g/mol. The highest BCUT2D eigenvalue weighted by Gasteiger charge is 2.31. The molecule has 0 heterocycles. The normalized spacial score (nSPS) is 12.6. The molecule has 1 unspecified atom stereocenters. The summed E-state index contributed by atoms with van der Waals surface area (Å²) in [6, 6.07) is 18.9. The molecule has 0 radical (unpaired) electrons. The van der Waals surface area contributed by atoms with Crippen molar-refractivity contribution in [2.75, 3.05) is 4.72 Å². The van der Waals surface area contributed by atoms with E-state index >= 15 is 0 Å². The number of alkyl halides is 3. The molecule has 0 aromatic heterocycles. The Morgan fingerprint density at radius 1 is 0.939 bits per heavy atom. The molecule has 1 amide bonds. The van der Waals surface area contributed by atoms with E-state index in [1.54, 1.807) is 12.1 Å². The number of amides is 1. The second kappa shape index (κ2) is 9.95. The third-order valence-electron chi connectivity index (χ3n) is 4.70. The van der Waals surface area contributed by atoms with Crippen LogP contribution in [0.1, 0.15) is 35.3 Å². The number of rotatable bonds is 8. The summed E-state index contributed by atoms with van der Waals surface area (Å²) in [5.41, 5.74) is 1.05. The Morgan fingerprint density at radius 3 is 2.15 bits per heavy atom. The van der Waals surface area contributed by atoms with Crippen molar-refractivity contribution in [1.82, 2.24) is 5.32 Å². The van der Waals surface area contributed by atoms with Gasteiger partial charge >= 0.3 is 6.36 Å². The van der Waals surface area contributed by atoms with E-state index in [0.717, 1.165) is 29.8 Å². The summed E-state index contributed by atoms with van der Waals surface area (Å²) in [7, 11) is -4.18. The number of halogens is 3. The number of hydrogen-bond donors (Lipinski definition) is 2. The predicted octanol–water partition coefficient (Wildman–Crippen LogP) is 5.27. The van der Waals surface area contributed by atoms with Gasteiger partial charge in [-0.3, -0.25) is 9.52 Å². The van der Waals surface area contributed by atoms with Gasteiger partial charge in [-0.05, 0) is 48.4 Å². The van der Waals surface area contributed by atoms with Crippen LogP contribution < -0.4 is 14.8 Å². The van der Waals surface area contributed by atoms with Crippen LogP contribution >= 0.6 is 0 Å². The third kappa shape index (κ3) is 6.48. The summed E-state index contributed by atoms with van der Waals surface area (Å²) in [4.78, 5) is 12.7. The van der Waals surface area contributed by atoms with Crippen LogP contribution in [-0.2, 0) is 10.0 Å². The molecule has 0 aliphatic rings. The summed E-state index contributed by atoms with van der Waals surface area (Å²) >= 11 is 0. The lowest BCUT2D eigenvalue weighted by Crippen LogP contribution is -2.29. The van der Waals surface area contributed by atoms with Gasteiger partial charge in [0.05, 0.1) is 22.2 Å². The average Bonchev–Trinajstić information content (AvgIpc) is 2.77. The molecule has 3 rings (SSSR count). The zero-order chi connectivity index (χ0) is 24.1. The smallest absolute Gasteiger partial charge is 0.406 e. The third-order valence-corrected chi connectivity index (χ3v) is 6.08. The van der Waals surface area contributed by atoms with Crippen LogP contribution in [0.25, 0.3) is 0 Å². The summed E-state index contributed by atoms with van der Waals surface area (Å²) < 4.78 is 68.6. The van der Waals surface area contributed by atoms with E-state index in [1.807, 2.05) is 37.3 Å². The maximum atomic E-state index is 12.9. The molecule has 0 fully saturated rings. The number of carbonyl (C=O) groups excluding carboxylic acids is 1. The number of anilines is 1. The summed E-state index contributed by atoms with van der Waals surface area (Å²) in [6.07, 6.45) is -4.27. The molecular weight excluding hydrogens is 457 g/mol. The van der Waals surface area contributed by atoms with E-state index < -0.39 is 28.0 Å². The molecule has 3 aromatic rings. The molecule has 1 atom stereocenters. The monoisotopic (exact) mass is 478 g/mol. The van der Waals surface area contributed by atoms with Gasteiger partial charge in [0.25, 0.3) is 15.9 Å². The minimum Gasteiger partial charge on any atom is -0.406 e. The molecule has 0 bridgehead atoms. The molecule has 10 heteroatoms. The molecule has 174 valence electrons. The SMILES string of the molecule is CCC(NC(=O)c1ccccc1NS(=O)(=O)c1ccc(OC(F)(F)F)cc1)c1ccccc1. The van der Waals surface area contributed by atoms with Crippen LogP contribution in [0.15, 0.2) is 83.8 Å². The lowest BCUT2D eigenvalue weighted by atomic mass is 10.0. The Labute approximate surface area is 189 Å². The van der Waals surface area contributed by atoms with Crippen molar-refractivity contribution in [3.63, 3.8) is 0 Å². The fourth-order valence-corrected chi connectivity index (χ4v) is 4.22. The van der Waals surface area contributed by atoms with Crippen LogP contribution in [-0.4, -0.2) is 20.7 Å². The molecule has 0 saturated carbocycles. The van der Waals surface area contributed by atoms with Gasteiger partial charge in [-0.1, -0.05) is 49.4 Å². The standard InChI is InChI=1S/C23H21F3N2O4S/c1-2-20(16-8-4-3-5-9-16)27-22(29)19-10-6-7-11-21(19)28-33(30,31)18-14-12-17(13-15-18)32-23(24,25)26/h3-15,20,28H,2H2,1H3,(H,27,29). The number of sulfonamides is 1. The molecule has 6 nitrogen and oxygen atoms in total. The van der Waals surface area contributed by atoms with Crippen molar-refractivity contribution < 1.29 is 31.1 Å². The van der Waals surface area contributed by atoms with Crippen LogP contribution in [0.4, 0.5) is 18.9 Å². The molecule has 33 heavy (non-hydrogen) atoms. The highest BCUT2D eigenvalue weighted by molar-refractivity contribution is 7.92. The van der Waals surface area contributed by atoms with Crippen molar-refractivity contribution in [2.24, 2.45) is 0 Å². The van der Waals surface area contributed by atoms with Crippen molar-refractivity contribution in [1.29, 1.82) is 0 Å². The van der Waals surface area contributed by atoms with Gasteiger partial charge in [-0.2, -0.15) is 0 Å². The Hall–Kier alpha value is -3.53. The molecule has 3 aromatic carbocycles. The van der Waals surface area contributed by atoms with E-state index in [-0.39, 0.29) is 22.2 Å². The first-order chi connectivity index (χ1) is 15.6. The van der Waals surface area contributed by atoms with Crippen LogP contribution in [0.5, 0.6) is 5.75 Å². The lowest BCUT2D eigenvalue weighted by Gasteiger charge is -2.19. The van der Waals surface area contributed by atoms with Gasteiger partial charge in [0.15, 0.2) is 0 Å². The maximum Gasteiger partial charge on any atom is 0.573 e.